The molecule has 0 amide bonds. The van der Waals surface area contributed by atoms with E-state index in [4.69, 9.17) is 5.73 Å². The lowest BCUT2D eigenvalue weighted by Crippen LogP contribution is -2.07. The Labute approximate surface area is 113 Å². The minimum absolute atomic E-state index is 0.00231. The van der Waals surface area contributed by atoms with E-state index in [0.29, 0.717) is 11.4 Å². The van der Waals surface area contributed by atoms with Gasteiger partial charge in [0.2, 0.25) is 0 Å². The van der Waals surface area contributed by atoms with Crippen LogP contribution in [-0.2, 0) is 6.42 Å². The summed E-state index contributed by atoms with van der Waals surface area (Å²) in [7, 11) is 0. The molecule has 0 atom stereocenters. The summed E-state index contributed by atoms with van der Waals surface area (Å²) in [5.74, 6) is 0.406. The monoisotopic (exact) mass is 269 g/mol. The van der Waals surface area contributed by atoms with E-state index < -0.39 is 0 Å². The number of hydrogen-bond acceptors (Lipinski definition) is 5. The third-order valence-corrected chi connectivity index (χ3v) is 3.75. The van der Waals surface area contributed by atoms with Crippen LogP contribution in [0.2, 0.25) is 0 Å². The van der Waals surface area contributed by atoms with Crippen LogP contribution in [0.1, 0.15) is 15.9 Å². The molecule has 0 aliphatic rings. The molecule has 0 bridgehead atoms. The predicted octanol–water partition coefficient (Wildman–Crippen LogP) is 2.70. The highest BCUT2D eigenvalue weighted by Crippen LogP contribution is 2.20. The van der Waals surface area contributed by atoms with Gasteiger partial charge in [-0.2, -0.15) is 0 Å². The van der Waals surface area contributed by atoms with Crippen LogP contribution in [0, 0.1) is 0 Å². The zero-order chi connectivity index (χ0) is 13.2. The normalized spacial score (nSPS) is 10.7. The van der Waals surface area contributed by atoms with Crippen molar-refractivity contribution in [3.8, 4) is 0 Å². The van der Waals surface area contributed by atoms with Crippen molar-refractivity contribution in [2.24, 2.45) is 0 Å². The number of anilines is 1. The van der Waals surface area contributed by atoms with E-state index in [2.05, 4.69) is 9.97 Å². The molecule has 3 heterocycles. The number of aromatic nitrogens is 2. The number of rotatable bonds is 3. The molecule has 0 saturated heterocycles. The first-order chi connectivity index (χ1) is 9.24. The second kappa shape index (κ2) is 4.78. The Kier molecular flexibility index (Phi) is 2.97. The first kappa shape index (κ1) is 11.8. The number of pyridine rings is 2. The molecule has 2 N–H and O–H groups in total. The van der Waals surface area contributed by atoms with Crippen molar-refractivity contribution < 1.29 is 4.79 Å². The lowest BCUT2D eigenvalue weighted by molar-refractivity contribution is 0.0993. The number of carbonyl (C=O) groups excluding carboxylic acids is 1. The van der Waals surface area contributed by atoms with Gasteiger partial charge in [0.15, 0.2) is 5.78 Å². The van der Waals surface area contributed by atoms with Crippen LogP contribution in [0.3, 0.4) is 0 Å². The van der Waals surface area contributed by atoms with Gasteiger partial charge in [0.05, 0.1) is 10.2 Å². The van der Waals surface area contributed by atoms with E-state index in [1.54, 1.807) is 29.8 Å². The lowest BCUT2D eigenvalue weighted by atomic mass is 10.1. The quantitative estimate of drug-likeness (QED) is 0.742. The third kappa shape index (κ3) is 2.32. The highest BCUT2D eigenvalue weighted by Gasteiger charge is 2.11. The average Bonchev–Trinajstić information content (AvgIpc) is 2.88. The zero-order valence-electron chi connectivity index (χ0n) is 10.0. The van der Waals surface area contributed by atoms with Gasteiger partial charge in [-0.1, -0.05) is 6.07 Å². The van der Waals surface area contributed by atoms with Gasteiger partial charge in [-0.25, -0.2) is 4.98 Å². The van der Waals surface area contributed by atoms with Gasteiger partial charge < -0.3 is 5.73 Å². The number of thiophene rings is 1. The van der Waals surface area contributed by atoms with Gasteiger partial charge in [-0.15, -0.1) is 11.3 Å². The minimum atomic E-state index is 0.00231. The number of Topliss-reactive ketones (excluding diaryl/α,β-unsaturated/α-hetero) is 1. The molecule has 0 radical (unpaired) electrons. The van der Waals surface area contributed by atoms with Crippen molar-refractivity contribution in [3.05, 3.63) is 53.2 Å². The summed E-state index contributed by atoms with van der Waals surface area (Å²) < 4.78 is 1.02. The first-order valence-corrected chi connectivity index (χ1v) is 6.68. The molecule has 0 aliphatic carbocycles. The number of nitrogens with two attached hydrogens (primary N) is 1. The van der Waals surface area contributed by atoms with E-state index in [9.17, 15) is 4.79 Å². The molecule has 5 heteroatoms. The topological polar surface area (TPSA) is 68.9 Å². The lowest BCUT2D eigenvalue weighted by Gasteiger charge is -2.03. The SMILES string of the molecule is Nc1ncccc1CC(=O)c1cnc2ccsc2c1. The number of hydrogen-bond donors (Lipinski definition) is 1. The Hall–Kier alpha value is -2.27. The molecule has 0 aromatic carbocycles. The maximum atomic E-state index is 12.2. The van der Waals surface area contributed by atoms with E-state index in [1.807, 2.05) is 23.6 Å². The Balaban J connectivity index is 1.89. The van der Waals surface area contributed by atoms with Gasteiger partial charge in [0.25, 0.3) is 0 Å². The van der Waals surface area contributed by atoms with Gasteiger partial charge >= 0.3 is 0 Å². The van der Waals surface area contributed by atoms with Crippen LogP contribution in [0.4, 0.5) is 5.82 Å². The smallest absolute Gasteiger partial charge is 0.168 e. The number of fused-ring (bicyclic) bond motifs is 1. The van der Waals surface area contributed by atoms with Crippen molar-refractivity contribution in [1.82, 2.24) is 9.97 Å². The summed E-state index contributed by atoms with van der Waals surface area (Å²) in [6.45, 7) is 0. The Morgan fingerprint density at radius 1 is 1.32 bits per heavy atom. The van der Waals surface area contributed by atoms with Crippen LogP contribution in [0.25, 0.3) is 10.2 Å². The standard InChI is InChI=1S/C14H11N3OS/c15-14-9(2-1-4-16-14)6-12(18)10-7-13-11(17-8-10)3-5-19-13/h1-5,7-8H,6H2,(H2,15,16). The maximum absolute atomic E-state index is 12.2. The van der Waals surface area contributed by atoms with Crippen LogP contribution in [-0.4, -0.2) is 15.8 Å². The highest BCUT2D eigenvalue weighted by molar-refractivity contribution is 7.17. The number of ketones is 1. The Morgan fingerprint density at radius 2 is 2.21 bits per heavy atom. The van der Waals surface area contributed by atoms with Crippen molar-refractivity contribution in [2.75, 3.05) is 5.73 Å². The summed E-state index contributed by atoms with van der Waals surface area (Å²) in [5.41, 5.74) is 8.02. The molecular formula is C14H11N3OS. The molecular weight excluding hydrogens is 258 g/mol. The summed E-state index contributed by atoms with van der Waals surface area (Å²) in [6.07, 6.45) is 3.48. The second-order valence-corrected chi connectivity index (χ2v) is 5.12. The van der Waals surface area contributed by atoms with E-state index >= 15 is 0 Å². The first-order valence-electron chi connectivity index (χ1n) is 5.80. The molecule has 3 rings (SSSR count). The molecule has 0 saturated carbocycles. The fourth-order valence-electron chi connectivity index (χ4n) is 1.87. The maximum Gasteiger partial charge on any atom is 0.168 e. The molecule has 4 nitrogen and oxygen atoms in total. The minimum Gasteiger partial charge on any atom is -0.383 e. The van der Waals surface area contributed by atoms with Crippen molar-refractivity contribution in [3.63, 3.8) is 0 Å². The van der Waals surface area contributed by atoms with Crippen molar-refractivity contribution in [2.45, 2.75) is 6.42 Å². The van der Waals surface area contributed by atoms with E-state index in [-0.39, 0.29) is 12.2 Å². The molecule has 3 aromatic rings. The van der Waals surface area contributed by atoms with E-state index in [0.717, 1.165) is 15.8 Å². The molecule has 0 spiro atoms. The molecule has 94 valence electrons. The van der Waals surface area contributed by atoms with Crippen LogP contribution in [0.5, 0.6) is 0 Å². The highest BCUT2D eigenvalue weighted by atomic mass is 32.1. The predicted molar refractivity (Wildman–Crippen MR) is 76.3 cm³/mol. The Morgan fingerprint density at radius 3 is 3.05 bits per heavy atom. The number of nitrogen functional groups attached to an aromatic ring is 1. The Bertz CT molecular complexity index is 751. The fourth-order valence-corrected chi connectivity index (χ4v) is 2.65. The molecule has 0 unspecified atom stereocenters. The van der Waals surface area contributed by atoms with Crippen LogP contribution in [0.15, 0.2) is 42.0 Å². The number of nitrogens with zero attached hydrogens (tertiary/aromatic N) is 2. The zero-order valence-corrected chi connectivity index (χ0v) is 10.9. The summed E-state index contributed by atoms with van der Waals surface area (Å²) >= 11 is 1.58. The summed E-state index contributed by atoms with van der Waals surface area (Å²) in [6, 6.07) is 7.41. The molecule has 3 aromatic heterocycles. The van der Waals surface area contributed by atoms with Crippen LogP contribution < -0.4 is 5.73 Å². The van der Waals surface area contributed by atoms with E-state index in [1.165, 1.54) is 0 Å². The molecule has 0 aliphatic heterocycles. The van der Waals surface area contributed by atoms with Crippen molar-refractivity contribution in [1.29, 1.82) is 0 Å². The van der Waals surface area contributed by atoms with Gasteiger partial charge in [-0.3, -0.25) is 9.78 Å². The summed E-state index contributed by atoms with van der Waals surface area (Å²) in [5, 5.41) is 1.96. The largest absolute Gasteiger partial charge is 0.383 e. The van der Waals surface area contributed by atoms with Gasteiger partial charge in [0.1, 0.15) is 5.82 Å². The second-order valence-electron chi connectivity index (χ2n) is 4.18. The fraction of sp³-hybridized carbons (Fsp3) is 0.0714. The number of carbonyl (C=O) groups is 1. The third-order valence-electron chi connectivity index (χ3n) is 2.90. The average molecular weight is 269 g/mol. The van der Waals surface area contributed by atoms with Gasteiger partial charge in [0, 0.05) is 29.9 Å². The molecule has 0 fully saturated rings. The van der Waals surface area contributed by atoms with Gasteiger partial charge in [-0.05, 0) is 23.6 Å². The van der Waals surface area contributed by atoms with Crippen molar-refractivity contribution >= 4 is 33.2 Å². The molecule has 19 heavy (non-hydrogen) atoms. The van der Waals surface area contributed by atoms with Crippen LogP contribution >= 0.6 is 11.3 Å². The summed E-state index contributed by atoms with van der Waals surface area (Å²) in [4.78, 5) is 20.5.